The molecule has 1 aliphatic heterocycles. The molecule has 21 heavy (non-hydrogen) atoms. The summed E-state index contributed by atoms with van der Waals surface area (Å²) < 4.78 is 35.5. The number of sulfonamides is 1. The van der Waals surface area contributed by atoms with Crippen LogP contribution in [0.3, 0.4) is 0 Å². The lowest BCUT2D eigenvalue weighted by molar-refractivity contribution is -0.384. The first kappa shape index (κ1) is 15.6. The van der Waals surface area contributed by atoms with Gasteiger partial charge in [-0.1, -0.05) is 0 Å². The Hall–Kier alpha value is -1.74. The van der Waals surface area contributed by atoms with Crippen molar-refractivity contribution in [3.8, 4) is 0 Å². The van der Waals surface area contributed by atoms with E-state index in [4.69, 9.17) is 5.14 Å². The van der Waals surface area contributed by atoms with Crippen molar-refractivity contribution in [2.45, 2.75) is 12.8 Å². The van der Waals surface area contributed by atoms with Gasteiger partial charge in [-0.3, -0.25) is 10.1 Å². The van der Waals surface area contributed by atoms with Gasteiger partial charge in [-0.15, -0.1) is 0 Å². The van der Waals surface area contributed by atoms with E-state index in [1.165, 1.54) is 6.07 Å². The molecule has 0 aromatic heterocycles. The van der Waals surface area contributed by atoms with Crippen LogP contribution in [-0.2, 0) is 10.0 Å². The van der Waals surface area contributed by atoms with E-state index in [1.54, 1.807) is 4.90 Å². The molecule has 1 fully saturated rings. The fourth-order valence-corrected chi connectivity index (χ4v) is 3.59. The number of nitro benzene ring substituents is 1. The molecule has 1 aliphatic rings. The van der Waals surface area contributed by atoms with Gasteiger partial charge >= 0.3 is 0 Å². The number of primary sulfonamides is 1. The van der Waals surface area contributed by atoms with Gasteiger partial charge in [0.2, 0.25) is 10.0 Å². The van der Waals surface area contributed by atoms with Gasteiger partial charge in [-0.25, -0.2) is 17.9 Å². The van der Waals surface area contributed by atoms with Crippen molar-refractivity contribution in [1.82, 2.24) is 0 Å². The Morgan fingerprint density at radius 1 is 1.48 bits per heavy atom. The van der Waals surface area contributed by atoms with Crippen molar-refractivity contribution in [3.05, 3.63) is 34.1 Å². The molecule has 2 rings (SSSR count). The molecule has 1 saturated heterocycles. The van der Waals surface area contributed by atoms with E-state index < -0.39 is 20.8 Å². The number of hydrogen-bond donors (Lipinski definition) is 1. The normalized spacial score (nSPS) is 19.5. The van der Waals surface area contributed by atoms with Crippen LogP contribution in [0.2, 0.25) is 0 Å². The third-order valence-corrected chi connectivity index (χ3v) is 4.40. The maximum absolute atomic E-state index is 13.2. The molecule has 1 heterocycles. The molecule has 2 N–H and O–H groups in total. The Balaban J connectivity index is 2.24. The third kappa shape index (κ3) is 4.11. The van der Waals surface area contributed by atoms with Crippen molar-refractivity contribution >= 4 is 21.4 Å². The van der Waals surface area contributed by atoms with Gasteiger partial charge in [0.25, 0.3) is 5.69 Å². The molecule has 116 valence electrons. The molecule has 0 aliphatic carbocycles. The van der Waals surface area contributed by atoms with Crippen LogP contribution >= 0.6 is 0 Å². The minimum atomic E-state index is -3.58. The van der Waals surface area contributed by atoms with Crippen LogP contribution in [0.25, 0.3) is 0 Å². The van der Waals surface area contributed by atoms with Gasteiger partial charge in [0.1, 0.15) is 11.5 Å². The quantitative estimate of drug-likeness (QED) is 0.664. The van der Waals surface area contributed by atoms with Crippen molar-refractivity contribution in [3.63, 3.8) is 0 Å². The van der Waals surface area contributed by atoms with Crippen LogP contribution in [0, 0.1) is 21.8 Å². The lowest BCUT2D eigenvalue weighted by Crippen LogP contribution is -2.39. The van der Waals surface area contributed by atoms with Crippen molar-refractivity contribution in [2.75, 3.05) is 23.7 Å². The zero-order valence-corrected chi connectivity index (χ0v) is 12.1. The molecular formula is C12H16FN3O4S. The second kappa shape index (κ2) is 5.94. The summed E-state index contributed by atoms with van der Waals surface area (Å²) in [4.78, 5) is 12.1. The van der Waals surface area contributed by atoms with E-state index in [9.17, 15) is 22.9 Å². The maximum atomic E-state index is 13.2. The van der Waals surface area contributed by atoms with Crippen molar-refractivity contribution in [2.24, 2.45) is 11.1 Å². The first-order valence-corrected chi connectivity index (χ1v) is 8.17. The molecule has 0 bridgehead atoms. The van der Waals surface area contributed by atoms with Gasteiger partial charge in [0.05, 0.1) is 16.7 Å². The van der Waals surface area contributed by atoms with Crippen LogP contribution in [0.5, 0.6) is 0 Å². The molecule has 1 aromatic rings. The second-order valence-corrected chi connectivity index (χ2v) is 6.83. The summed E-state index contributed by atoms with van der Waals surface area (Å²) in [5.41, 5.74) is -0.00762. The van der Waals surface area contributed by atoms with E-state index in [1.807, 2.05) is 0 Å². The molecule has 1 atom stereocenters. The number of rotatable bonds is 4. The van der Waals surface area contributed by atoms with E-state index in [0.29, 0.717) is 31.6 Å². The van der Waals surface area contributed by atoms with Crippen LogP contribution in [0.1, 0.15) is 12.8 Å². The smallest absolute Gasteiger partial charge is 0.295 e. The number of nitro groups is 1. The summed E-state index contributed by atoms with van der Waals surface area (Å²) in [5.74, 6) is -1.01. The van der Waals surface area contributed by atoms with E-state index in [-0.39, 0.29) is 17.4 Å². The number of nitrogens with zero attached hydrogens (tertiary/aromatic N) is 2. The van der Waals surface area contributed by atoms with Crippen LogP contribution < -0.4 is 10.0 Å². The molecule has 1 unspecified atom stereocenters. The van der Waals surface area contributed by atoms with Gasteiger partial charge in [-0.2, -0.15) is 0 Å². The Bertz CT molecular complexity index is 650. The molecule has 0 amide bonds. The second-order valence-electron chi connectivity index (χ2n) is 5.17. The number of nitrogens with two attached hydrogens (primary N) is 1. The summed E-state index contributed by atoms with van der Waals surface area (Å²) in [5, 5.41) is 16.1. The molecule has 0 radical (unpaired) electrons. The Labute approximate surface area is 121 Å². The highest BCUT2D eigenvalue weighted by atomic mass is 32.2. The minimum absolute atomic E-state index is 0.154. The minimum Gasteiger partial charge on any atom is -0.366 e. The largest absolute Gasteiger partial charge is 0.366 e. The topological polar surface area (TPSA) is 107 Å². The Morgan fingerprint density at radius 2 is 2.19 bits per heavy atom. The summed E-state index contributed by atoms with van der Waals surface area (Å²) in [7, 11) is -3.58. The molecule has 0 saturated carbocycles. The average molecular weight is 317 g/mol. The third-order valence-electron chi connectivity index (χ3n) is 3.46. The first-order valence-electron chi connectivity index (χ1n) is 6.45. The summed E-state index contributed by atoms with van der Waals surface area (Å²) in [6.07, 6.45) is 1.40. The van der Waals surface area contributed by atoms with E-state index in [0.717, 1.165) is 12.1 Å². The molecule has 0 spiro atoms. The zero-order chi connectivity index (χ0) is 15.6. The number of benzene rings is 1. The summed E-state index contributed by atoms with van der Waals surface area (Å²) in [6, 6.07) is 3.39. The van der Waals surface area contributed by atoms with Crippen LogP contribution in [-0.4, -0.2) is 32.2 Å². The molecule has 1 aromatic carbocycles. The van der Waals surface area contributed by atoms with Crippen LogP contribution in [0.15, 0.2) is 18.2 Å². The molecular weight excluding hydrogens is 301 g/mol. The van der Waals surface area contributed by atoms with Crippen molar-refractivity contribution in [1.29, 1.82) is 0 Å². The van der Waals surface area contributed by atoms with Gasteiger partial charge in [-0.05, 0) is 30.9 Å². The van der Waals surface area contributed by atoms with Crippen LogP contribution in [0.4, 0.5) is 15.8 Å². The SMILES string of the molecule is NS(=O)(=O)CC1CCCN(c2ccc(F)cc2[N+](=O)[O-])C1. The fourth-order valence-electron chi connectivity index (χ4n) is 2.66. The predicted molar refractivity (Wildman–Crippen MR) is 76.0 cm³/mol. The highest BCUT2D eigenvalue weighted by Gasteiger charge is 2.27. The van der Waals surface area contributed by atoms with Gasteiger partial charge < -0.3 is 4.90 Å². The summed E-state index contributed by atoms with van der Waals surface area (Å²) >= 11 is 0. The number of anilines is 1. The molecule has 7 nitrogen and oxygen atoms in total. The summed E-state index contributed by atoms with van der Waals surface area (Å²) in [6.45, 7) is 0.913. The molecule has 9 heteroatoms. The van der Waals surface area contributed by atoms with E-state index >= 15 is 0 Å². The van der Waals surface area contributed by atoms with Crippen molar-refractivity contribution < 1.29 is 17.7 Å². The highest BCUT2D eigenvalue weighted by Crippen LogP contribution is 2.32. The lowest BCUT2D eigenvalue weighted by Gasteiger charge is -2.33. The first-order chi connectivity index (χ1) is 9.76. The fraction of sp³-hybridized carbons (Fsp3) is 0.500. The highest BCUT2D eigenvalue weighted by molar-refractivity contribution is 7.89. The van der Waals surface area contributed by atoms with Gasteiger partial charge in [0.15, 0.2) is 0 Å². The number of halogens is 1. The predicted octanol–water partition coefficient (Wildman–Crippen LogP) is 1.24. The maximum Gasteiger partial charge on any atom is 0.295 e. The lowest BCUT2D eigenvalue weighted by atomic mass is 9.99. The Morgan fingerprint density at radius 3 is 2.81 bits per heavy atom. The Kier molecular flexibility index (Phi) is 4.43. The number of piperidine rings is 1. The average Bonchev–Trinajstić information content (AvgIpc) is 2.36. The number of hydrogen-bond acceptors (Lipinski definition) is 5. The monoisotopic (exact) mass is 317 g/mol. The standard InChI is InChI=1S/C12H16FN3O4S/c13-10-3-4-11(12(6-10)16(17)18)15-5-1-2-9(7-15)8-21(14,19)20/h3-4,6,9H,1-2,5,7-8H2,(H2,14,19,20). The zero-order valence-electron chi connectivity index (χ0n) is 11.2. The van der Waals surface area contributed by atoms with E-state index in [2.05, 4.69) is 0 Å². The van der Waals surface area contributed by atoms with Gasteiger partial charge in [0, 0.05) is 13.1 Å².